The van der Waals surface area contributed by atoms with Crippen molar-refractivity contribution in [2.75, 3.05) is 19.6 Å². The van der Waals surface area contributed by atoms with Crippen molar-refractivity contribution in [1.29, 1.82) is 0 Å². The lowest BCUT2D eigenvalue weighted by Gasteiger charge is -2.09. The first-order chi connectivity index (χ1) is 8.59. The second-order valence-electron chi connectivity index (χ2n) is 5.33. The number of nitrogens with zero attached hydrogens (tertiary/aromatic N) is 1. The van der Waals surface area contributed by atoms with Crippen LogP contribution in [0, 0.1) is 19.8 Å². The van der Waals surface area contributed by atoms with Crippen LogP contribution in [0.1, 0.15) is 37.2 Å². The minimum atomic E-state index is 0.735. The molecular formula is C15H27N3. The topological polar surface area (TPSA) is 37.0 Å². The van der Waals surface area contributed by atoms with Crippen LogP contribution in [0.15, 0.2) is 12.1 Å². The second kappa shape index (κ2) is 8.22. The third-order valence-electron chi connectivity index (χ3n) is 2.91. The Balaban J connectivity index is 2.11. The third-order valence-corrected chi connectivity index (χ3v) is 2.91. The SMILES string of the molecule is Cc1ccc(CNCCCNCC(C)C)c(C)n1. The highest BCUT2D eigenvalue weighted by molar-refractivity contribution is 5.21. The summed E-state index contributed by atoms with van der Waals surface area (Å²) >= 11 is 0. The van der Waals surface area contributed by atoms with Gasteiger partial charge in [-0.05, 0) is 57.5 Å². The molecule has 0 aromatic carbocycles. The van der Waals surface area contributed by atoms with Crippen LogP contribution in [-0.2, 0) is 6.54 Å². The maximum Gasteiger partial charge on any atom is 0.0420 e. The van der Waals surface area contributed by atoms with Crippen LogP contribution >= 0.6 is 0 Å². The maximum atomic E-state index is 4.47. The molecule has 1 heterocycles. The van der Waals surface area contributed by atoms with E-state index in [1.807, 2.05) is 6.92 Å². The average molecular weight is 249 g/mol. The average Bonchev–Trinajstić information content (AvgIpc) is 2.30. The third kappa shape index (κ3) is 6.12. The predicted molar refractivity (Wildman–Crippen MR) is 77.7 cm³/mol. The molecule has 2 N–H and O–H groups in total. The molecule has 102 valence electrons. The summed E-state index contributed by atoms with van der Waals surface area (Å²) in [6.07, 6.45) is 1.17. The summed E-state index contributed by atoms with van der Waals surface area (Å²) < 4.78 is 0. The molecule has 0 spiro atoms. The number of hydrogen-bond acceptors (Lipinski definition) is 3. The lowest BCUT2D eigenvalue weighted by Crippen LogP contribution is -2.24. The Morgan fingerprint density at radius 3 is 2.50 bits per heavy atom. The van der Waals surface area contributed by atoms with Crippen LogP contribution in [0.25, 0.3) is 0 Å². The van der Waals surface area contributed by atoms with Crippen molar-refractivity contribution in [2.24, 2.45) is 5.92 Å². The number of aromatic nitrogens is 1. The second-order valence-corrected chi connectivity index (χ2v) is 5.33. The van der Waals surface area contributed by atoms with Crippen LogP contribution in [0.4, 0.5) is 0 Å². The Morgan fingerprint density at radius 2 is 1.83 bits per heavy atom. The molecule has 1 aromatic heterocycles. The van der Waals surface area contributed by atoms with Gasteiger partial charge in [-0.25, -0.2) is 0 Å². The van der Waals surface area contributed by atoms with E-state index >= 15 is 0 Å². The number of aryl methyl sites for hydroxylation is 2. The normalized spacial score (nSPS) is 11.2. The highest BCUT2D eigenvalue weighted by atomic mass is 14.9. The van der Waals surface area contributed by atoms with Crippen molar-refractivity contribution in [3.63, 3.8) is 0 Å². The molecule has 0 saturated heterocycles. The summed E-state index contributed by atoms with van der Waals surface area (Å²) in [5, 5.41) is 6.92. The van der Waals surface area contributed by atoms with E-state index in [9.17, 15) is 0 Å². The van der Waals surface area contributed by atoms with E-state index in [4.69, 9.17) is 0 Å². The molecule has 0 unspecified atom stereocenters. The smallest absolute Gasteiger partial charge is 0.0420 e. The minimum Gasteiger partial charge on any atom is -0.316 e. The van der Waals surface area contributed by atoms with Gasteiger partial charge in [0.25, 0.3) is 0 Å². The summed E-state index contributed by atoms with van der Waals surface area (Å²) in [5.74, 6) is 0.735. The zero-order chi connectivity index (χ0) is 13.4. The highest BCUT2D eigenvalue weighted by Crippen LogP contribution is 2.05. The molecule has 3 heteroatoms. The molecule has 0 aliphatic rings. The van der Waals surface area contributed by atoms with Crippen molar-refractivity contribution < 1.29 is 0 Å². The zero-order valence-electron chi connectivity index (χ0n) is 12.2. The molecule has 3 nitrogen and oxygen atoms in total. The Bertz CT molecular complexity index is 348. The summed E-state index contributed by atoms with van der Waals surface area (Å²) in [5.41, 5.74) is 3.53. The van der Waals surface area contributed by atoms with Crippen molar-refractivity contribution in [1.82, 2.24) is 15.6 Å². The van der Waals surface area contributed by atoms with Crippen LogP contribution in [0.2, 0.25) is 0 Å². The van der Waals surface area contributed by atoms with Gasteiger partial charge in [-0.2, -0.15) is 0 Å². The van der Waals surface area contributed by atoms with Gasteiger partial charge in [0.05, 0.1) is 0 Å². The summed E-state index contributed by atoms with van der Waals surface area (Å²) in [4.78, 5) is 4.47. The molecule has 0 fully saturated rings. The molecule has 0 radical (unpaired) electrons. The molecule has 0 atom stereocenters. The van der Waals surface area contributed by atoms with E-state index in [0.29, 0.717) is 0 Å². The Labute approximate surface area is 111 Å². The van der Waals surface area contributed by atoms with Crippen LogP contribution in [-0.4, -0.2) is 24.6 Å². The van der Waals surface area contributed by atoms with Crippen LogP contribution < -0.4 is 10.6 Å². The quantitative estimate of drug-likeness (QED) is 0.695. The Kier molecular flexibility index (Phi) is 6.91. The minimum absolute atomic E-state index is 0.735. The van der Waals surface area contributed by atoms with Crippen LogP contribution in [0.3, 0.4) is 0 Å². The summed E-state index contributed by atoms with van der Waals surface area (Å²) in [6, 6.07) is 4.25. The highest BCUT2D eigenvalue weighted by Gasteiger charge is 1.99. The standard InChI is InChI=1S/C15H27N3/c1-12(2)10-16-8-5-9-17-11-15-7-6-13(3)18-14(15)4/h6-7,12,16-17H,5,8-11H2,1-4H3. The maximum absolute atomic E-state index is 4.47. The number of rotatable bonds is 8. The largest absolute Gasteiger partial charge is 0.316 e. The fourth-order valence-electron chi connectivity index (χ4n) is 1.85. The lowest BCUT2D eigenvalue weighted by molar-refractivity contribution is 0.530. The first-order valence-corrected chi connectivity index (χ1v) is 6.94. The Morgan fingerprint density at radius 1 is 1.11 bits per heavy atom. The van der Waals surface area contributed by atoms with E-state index in [0.717, 1.165) is 43.5 Å². The molecule has 1 rings (SSSR count). The Hall–Kier alpha value is -0.930. The van der Waals surface area contributed by atoms with E-state index in [1.165, 1.54) is 12.0 Å². The molecule has 18 heavy (non-hydrogen) atoms. The molecule has 0 saturated carbocycles. The van der Waals surface area contributed by atoms with Crippen LogP contribution in [0.5, 0.6) is 0 Å². The first-order valence-electron chi connectivity index (χ1n) is 6.94. The van der Waals surface area contributed by atoms with Crippen molar-refractivity contribution >= 4 is 0 Å². The monoisotopic (exact) mass is 249 g/mol. The summed E-state index contributed by atoms with van der Waals surface area (Å²) in [7, 11) is 0. The van der Waals surface area contributed by atoms with Gasteiger partial charge in [0.2, 0.25) is 0 Å². The molecular weight excluding hydrogens is 222 g/mol. The van der Waals surface area contributed by atoms with Gasteiger partial charge in [-0.3, -0.25) is 4.98 Å². The van der Waals surface area contributed by atoms with Crippen molar-refractivity contribution in [3.8, 4) is 0 Å². The summed E-state index contributed by atoms with van der Waals surface area (Å²) in [6.45, 7) is 12.8. The number of pyridine rings is 1. The number of nitrogens with one attached hydrogen (secondary N) is 2. The molecule has 0 bridgehead atoms. The fourth-order valence-corrected chi connectivity index (χ4v) is 1.85. The first kappa shape index (κ1) is 15.1. The van der Waals surface area contributed by atoms with Gasteiger partial charge < -0.3 is 10.6 Å². The van der Waals surface area contributed by atoms with E-state index < -0.39 is 0 Å². The predicted octanol–water partition coefficient (Wildman–Crippen LogP) is 2.42. The molecule has 0 amide bonds. The van der Waals surface area contributed by atoms with Gasteiger partial charge in [0.1, 0.15) is 0 Å². The zero-order valence-corrected chi connectivity index (χ0v) is 12.2. The number of hydrogen-bond donors (Lipinski definition) is 2. The van der Waals surface area contributed by atoms with Gasteiger partial charge in [-0.15, -0.1) is 0 Å². The van der Waals surface area contributed by atoms with Gasteiger partial charge in [0.15, 0.2) is 0 Å². The van der Waals surface area contributed by atoms with Crippen molar-refractivity contribution in [3.05, 3.63) is 29.1 Å². The molecule has 0 aliphatic heterocycles. The fraction of sp³-hybridized carbons (Fsp3) is 0.667. The van der Waals surface area contributed by atoms with E-state index in [1.54, 1.807) is 0 Å². The lowest BCUT2D eigenvalue weighted by atomic mass is 10.2. The van der Waals surface area contributed by atoms with Gasteiger partial charge in [-0.1, -0.05) is 19.9 Å². The van der Waals surface area contributed by atoms with Gasteiger partial charge >= 0.3 is 0 Å². The van der Waals surface area contributed by atoms with Crippen molar-refractivity contribution in [2.45, 2.75) is 40.7 Å². The van der Waals surface area contributed by atoms with E-state index in [-0.39, 0.29) is 0 Å². The molecule has 0 aliphatic carbocycles. The molecule has 1 aromatic rings. The van der Waals surface area contributed by atoms with E-state index in [2.05, 4.69) is 48.5 Å². The van der Waals surface area contributed by atoms with Gasteiger partial charge in [0, 0.05) is 17.9 Å².